The van der Waals surface area contributed by atoms with Gasteiger partial charge < -0.3 is 14.9 Å². The maximum Gasteiger partial charge on any atom is 0.340 e. The monoisotopic (exact) mass is 252 g/mol. The van der Waals surface area contributed by atoms with E-state index in [0.29, 0.717) is 13.1 Å². The zero-order valence-electron chi connectivity index (χ0n) is 9.89. The number of hydrogen-bond acceptors (Lipinski definition) is 3. The molecule has 1 aliphatic heterocycles. The van der Waals surface area contributed by atoms with Crippen molar-refractivity contribution in [3.63, 3.8) is 0 Å². The molecule has 0 aromatic heterocycles. The molecular weight excluding hydrogens is 239 g/mol. The number of carboxylic acids is 1. The average Bonchev–Trinajstić information content (AvgIpc) is 2.32. The van der Waals surface area contributed by atoms with E-state index in [-0.39, 0.29) is 23.7 Å². The first-order chi connectivity index (χ1) is 8.50. The van der Waals surface area contributed by atoms with Crippen molar-refractivity contribution in [2.75, 3.05) is 31.6 Å². The van der Waals surface area contributed by atoms with Crippen LogP contribution in [0.25, 0.3) is 0 Å². The highest BCUT2D eigenvalue weighted by Gasteiger charge is 2.26. The maximum absolute atomic E-state index is 13.5. The SMILES string of the molecule is CN1CCN(c2cccc(F)c2C(=O)O)CC1=O. The lowest BCUT2D eigenvalue weighted by atomic mass is 10.1. The molecule has 0 atom stereocenters. The Morgan fingerprint density at radius 2 is 2.11 bits per heavy atom. The highest BCUT2D eigenvalue weighted by atomic mass is 19.1. The molecule has 0 aliphatic carbocycles. The highest BCUT2D eigenvalue weighted by Crippen LogP contribution is 2.24. The standard InChI is InChI=1S/C12H13FN2O3/c1-14-5-6-15(7-10(14)16)9-4-2-3-8(13)11(9)12(17)18/h2-4H,5-7H2,1H3,(H,17,18). The fourth-order valence-electron chi connectivity index (χ4n) is 1.95. The minimum Gasteiger partial charge on any atom is -0.478 e. The summed E-state index contributed by atoms with van der Waals surface area (Å²) in [6.07, 6.45) is 0. The van der Waals surface area contributed by atoms with Crippen molar-refractivity contribution in [2.45, 2.75) is 0 Å². The van der Waals surface area contributed by atoms with Crippen LogP contribution in [0.5, 0.6) is 0 Å². The van der Waals surface area contributed by atoms with Crippen LogP contribution in [0.3, 0.4) is 0 Å². The predicted molar refractivity (Wildman–Crippen MR) is 63.2 cm³/mol. The quantitative estimate of drug-likeness (QED) is 0.845. The zero-order chi connectivity index (χ0) is 13.3. The molecule has 6 heteroatoms. The maximum atomic E-state index is 13.5. The van der Waals surface area contributed by atoms with Gasteiger partial charge in [0.25, 0.3) is 0 Å². The van der Waals surface area contributed by atoms with Crippen molar-refractivity contribution in [3.05, 3.63) is 29.6 Å². The van der Waals surface area contributed by atoms with Crippen molar-refractivity contribution in [3.8, 4) is 0 Å². The third kappa shape index (κ3) is 2.13. The number of carbonyl (C=O) groups is 2. The van der Waals surface area contributed by atoms with Crippen LogP contribution in [-0.2, 0) is 4.79 Å². The number of carbonyl (C=O) groups excluding carboxylic acids is 1. The molecule has 0 spiro atoms. The Balaban J connectivity index is 2.37. The molecule has 1 N–H and O–H groups in total. The van der Waals surface area contributed by atoms with Gasteiger partial charge in [-0.1, -0.05) is 6.07 Å². The smallest absolute Gasteiger partial charge is 0.340 e. The van der Waals surface area contributed by atoms with E-state index >= 15 is 0 Å². The first-order valence-corrected chi connectivity index (χ1v) is 5.51. The summed E-state index contributed by atoms with van der Waals surface area (Å²) in [5, 5.41) is 9.03. The van der Waals surface area contributed by atoms with Crippen molar-refractivity contribution in [2.24, 2.45) is 0 Å². The summed E-state index contributed by atoms with van der Waals surface area (Å²) < 4.78 is 13.5. The van der Waals surface area contributed by atoms with Crippen LogP contribution in [-0.4, -0.2) is 48.6 Å². The van der Waals surface area contributed by atoms with Crippen LogP contribution in [0.2, 0.25) is 0 Å². The van der Waals surface area contributed by atoms with E-state index in [1.165, 1.54) is 12.1 Å². The molecule has 1 aromatic rings. The van der Waals surface area contributed by atoms with Gasteiger partial charge in [0.2, 0.25) is 5.91 Å². The van der Waals surface area contributed by atoms with E-state index in [4.69, 9.17) is 5.11 Å². The molecule has 1 amide bonds. The number of amides is 1. The molecular formula is C12H13FN2O3. The summed E-state index contributed by atoms with van der Waals surface area (Å²) in [5.41, 5.74) is -0.126. The fourth-order valence-corrected chi connectivity index (χ4v) is 1.95. The van der Waals surface area contributed by atoms with E-state index < -0.39 is 11.8 Å². The number of anilines is 1. The number of likely N-dealkylation sites (N-methyl/N-ethyl adjacent to an activating group) is 1. The minimum atomic E-state index is -1.32. The third-order valence-corrected chi connectivity index (χ3v) is 3.00. The molecule has 1 aromatic carbocycles. The number of halogens is 1. The first kappa shape index (κ1) is 12.3. The zero-order valence-corrected chi connectivity index (χ0v) is 9.89. The number of carboxylic acid groups (broad SMARTS) is 1. The van der Waals surface area contributed by atoms with E-state index in [9.17, 15) is 14.0 Å². The Morgan fingerprint density at radius 3 is 2.72 bits per heavy atom. The first-order valence-electron chi connectivity index (χ1n) is 5.51. The Morgan fingerprint density at radius 1 is 1.39 bits per heavy atom. The van der Waals surface area contributed by atoms with Crippen molar-refractivity contribution in [1.29, 1.82) is 0 Å². The van der Waals surface area contributed by atoms with Gasteiger partial charge in [0, 0.05) is 20.1 Å². The molecule has 1 aliphatic rings. The van der Waals surface area contributed by atoms with Crippen LogP contribution < -0.4 is 4.90 Å². The lowest BCUT2D eigenvalue weighted by molar-refractivity contribution is -0.129. The van der Waals surface area contributed by atoms with Gasteiger partial charge in [0.1, 0.15) is 11.4 Å². The van der Waals surface area contributed by atoms with Crippen LogP contribution in [0.4, 0.5) is 10.1 Å². The summed E-state index contributed by atoms with van der Waals surface area (Å²) in [6.45, 7) is 1.06. The minimum absolute atomic E-state index is 0.0697. The second-order valence-corrected chi connectivity index (χ2v) is 4.18. The van der Waals surface area contributed by atoms with E-state index in [2.05, 4.69) is 0 Å². The van der Waals surface area contributed by atoms with Gasteiger partial charge in [-0.25, -0.2) is 9.18 Å². The Hall–Kier alpha value is -2.11. The van der Waals surface area contributed by atoms with Gasteiger partial charge >= 0.3 is 5.97 Å². The van der Waals surface area contributed by atoms with Gasteiger partial charge in [0.05, 0.1) is 12.2 Å². The third-order valence-electron chi connectivity index (χ3n) is 3.00. The van der Waals surface area contributed by atoms with Crippen LogP contribution in [0.1, 0.15) is 10.4 Å². The number of aromatic carboxylic acids is 1. The summed E-state index contributed by atoms with van der Waals surface area (Å²) in [5.74, 6) is -2.22. The van der Waals surface area contributed by atoms with E-state index in [0.717, 1.165) is 6.07 Å². The molecule has 1 saturated heterocycles. The second kappa shape index (κ2) is 4.64. The lowest BCUT2D eigenvalue weighted by Crippen LogP contribution is -2.49. The van der Waals surface area contributed by atoms with Gasteiger partial charge in [-0.3, -0.25) is 4.79 Å². The van der Waals surface area contributed by atoms with Gasteiger partial charge in [-0.15, -0.1) is 0 Å². The molecule has 0 saturated carbocycles. The molecule has 1 fully saturated rings. The molecule has 0 bridgehead atoms. The highest BCUT2D eigenvalue weighted by molar-refractivity contribution is 5.96. The van der Waals surface area contributed by atoms with Gasteiger partial charge in [-0.2, -0.15) is 0 Å². The Labute approximate surface area is 103 Å². The Kier molecular flexibility index (Phi) is 3.18. The molecule has 1 heterocycles. The normalized spacial score (nSPS) is 16.0. The molecule has 2 rings (SSSR count). The van der Waals surface area contributed by atoms with E-state index in [1.54, 1.807) is 16.8 Å². The predicted octanol–water partition coefficient (Wildman–Crippen LogP) is 0.802. The van der Waals surface area contributed by atoms with Crippen molar-refractivity contribution < 1.29 is 19.1 Å². The molecule has 5 nitrogen and oxygen atoms in total. The summed E-state index contributed by atoms with van der Waals surface area (Å²) in [6, 6.07) is 4.07. The van der Waals surface area contributed by atoms with Gasteiger partial charge in [-0.05, 0) is 12.1 Å². The van der Waals surface area contributed by atoms with E-state index in [1.807, 2.05) is 0 Å². The molecule has 0 radical (unpaired) electrons. The fraction of sp³-hybridized carbons (Fsp3) is 0.333. The molecule has 0 unspecified atom stereocenters. The molecule has 96 valence electrons. The number of hydrogen-bond donors (Lipinski definition) is 1. The van der Waals surface area contributed by atoms with Crippen LogP contribution >= 0.6 is 0 Å². The number of nitrogens with zero attached hydrogens (tertiary/aromatic N) is 2. The lowest BCUT2D eigenvalue weighted by Gasteiger charge is -2.34. The van der Waals surface area contributed by atoms with Crippen molar-refractivity contribution in [1.82, 2.24) is 4.90 Å². The van der Waals surface area contributed by atoms with Crippen LogP contribution in [0.15, 0.2) is 18.2 Å². The van der Waals surface area contributed by atoms with Crippen molar-refractivity contribution >= 4 is 17.6 Å². The van der Waals surface area contributed by atoms with Gasteiger partial charge in [0.15, 0.2) is 0 Å². The largest absolute Gasteiger partial charge is 0.478 e. The topological polar surface area (TPSA) is 60.9 Å². The van der Waals surface area contributed by atoms with Crippen LogP contribution in [0, 0.1) is 5.82 Å². The summed E-state index contributed by atoms with van der Waals surface area (Å²) in [4.78, 5) is 25.8. The number of rotatable bonds is 2. The number of piperazine rings is 1. The average molecular weight is 252 g/mol. The summed E-state index contributed by atoms with van der Waals surface area (Å²) >= 11 is 0. The Bertz CT molecular complexity index is 504. The summed E-state index contributed by atoms with van der Waals surface area (Å²) in [7, 11) is 1.68. The number of benzene rings is 1. The second-order valence-electron chi connectivity index (χ2n) is 4.18. The molecule has 18 heavy (non-hydrogen) atoms.